The van der Waals surface area contributed by atoms with E-state index in [2.05, 4.69) is 23.0 Å². The van der Waals surface area contributed by atoms with Crippen molar-refractivity contribution in [3.8, 4) is 0 Å². The van der Waals surface area contributed by atoms with E-state index in [1.54, 1.807) is 0 Å². The van der Waals surface area contributed by atoms with Crippen LogP contribution in [0.5, 0.6) is 0 Å². The monoisotopic (exact) mass is 202 g/mol. The van der Waals surface area contributed by atoms with Crippen molar-refractivity contribution in [3.05, 3.63) is 29.3 Å². The molecule has 0 amide bonds. The fraction of sp³-hybridized carbons (Fsp3) is 0.455. The normalized spacial score (nSPS) is 18.3. The van der Waals surface area contributed by atoms with Crippen LogP contribution in [0.2, 0.25) is 0 Å². The van der Waals surface area contributed by atoms with Gasteiger partial charge in [-0.25, -0.2) is 9.97 Å². The smallest absolute Gasteiger partial charge is 0.234 e. The van der Waals surface area contributed by atoms with Gasteiger partial charge in [-0.1, -0.05) is 0 Å². The summed E-state index contributed by atoms with van der Waals surface area (Å²) >= 11 is 0. The molecule has 1 saturated carbocycles. The van der Waals surface area contributed by atoms with E-state index < -0.39 is 0 Å². The van der Waals surface area contributed by atoms with Gasteiger partial charge in [-0.05, 0) is 32.8 Å². The molecule has 3 rings (SSSR count). The summed E-state index contributed by atoms with van der Waals surface area (Å²) in [6, 6.07) is 2.05. The fourth-order valence-corrected chi connectivity index (χ4v) is 1.90. The maximum absolute atomic E-state index is 6.12. The van der Waals surface area contributed by atoms with Gasteiger partial charge in [0, 0.05) is 17.6 Å². The van der Waals surface area contributed by atoms with Gasteiger partial charge in [0.2, 0.25) is 5.78 Å². The Kier molecular flexibility index (Phi) is 1.52. The zero-order valence-electron chi connectivity index (χ0n) is 8.99. The van der Waals surface area contributed by atoms with Crippen molar-refractivity contribution in [1.29, 1.82) is 0 Å². The van der Waals surface area contributed by atoms with Crippen LogP contribution in [0.3, 0.4) is 0 Å². The summed E-state index contributed by atoms with van der Waals surface area (Å²) in [6.45, 7) is 4.04. The Balaban J connectivity index is 2.25. The van der Waals surface area contributed by atoms with Gasteiger partial charge in [0.15, 0.2) is 0 Å². The molecule has 0 saturated heterocycles. The van der Waals surface area contributed by atoms with Crippen molar-refractivity contribution in [2.24, 2.45) is 5.73 Å². The molecule has 0 bridgehead atoms. The average molecular weight is 202 g/mol. The minimum atomic E-state index is -0.173. The predicted molar refractivity (Wildman–Crippen MR) is 57.6 cm³/mol. The number of nitrogens with two attached hydrogens (primary N) is 1. The molecule has 0 unspecified atom stereocenters. The van der Waals surface area contributed by atoms with Crippen LogP contribution in [0, 0.1) is 13.8 Å². The highest BCUT2D eigenvalue weighted by molar-refractivity contribution is 5.38. The molecule has 2 heterocycles. The Labute approximate surface area is 88.1 Å². The lowest BCUT2D eigenvalue weighted by Gasteiger charge is -2.01. The zero-order chi connectivity index (χ0) is 10.6. The van der Waals surface area contributed by atoms with Crippen molar-refractivity contribution >= 4 is 5.78 Å². The first-order chi connectivity index (χ1) is 7.08. The van der Waals surface area contributed by atoms with Gasteiger partial charge in [-0.3, -0.25) is 4.40 Å². The molecule has 2 N–H and O–H groups in total. The third-order valence-corrected chi connectivity index (χ3v) is 3.06. The van der Waals surface area contributed by atoms with Gasteiger partial charge in [0.1, 0.15) is 0 Å². The third-order valence-electron chi connectivity index (χ3n) is 3.06. The number of nitrogens with zero attached hydrogens (tertiary/aromatic N) is 3. The molecule has 0 radical (unpaired) electrons. The number of fused-ring (bicyclic) bond motifs is 1. The second-order valence-corrected chi connectivity index (χ2v) is 4.49. The Morgan fingerprint density at radius 1 is 1.33 bits per heavy atom. The molecule has 78 valence electrons. The van der Waals surface area contributed by atoms with E-state index in [-0.39, 0.29) is 5.54 Å². The number of aryl methyl sites for hydroxylation is 2. The number of imidazole rings is 1. The Morgan fingerprint density at radius 3 is 2.73 bits per heavy atom. The van der Waals surface area contributed by atoms with Gasteiger partial charge >= 0.3 is 0 Å². The van der Waals surface area contributed by atoms with Crippen molar-refractivity contribution in [3.63, 3.8) is 0 Å². The summed E-state index contributed by atoms with van der Waals surface area (Å²) in [5, 5.41) is 0. The molecule has 0 spiro atoms. The molecule has 0 aromatic carbocycles. The van der Waals surface area contributed by atoms with Gasteiger partial charge in [0.05, 0.1) is 11.2 Å². The van der Waals surface area contributed by atoms with Crippen molar-refractivity contribution in [2.45, 2.75) is 32.2 Å². The molecular weight excluding hydrogens is 188 g/mol. The van der Waals surface area contributed by atoms with Crippen LogP contribution in [0.25, 0.3) is 5.78 Å². The second kappa shape index (κ2) is 2.58. The highest BCUT2D eigenvalue weighted by Crippen LogP contribution is 2.41. The van der Waals surface area contributed by atoms with Gasteiger partial charge in [0.25, 0.3) is 0 Å². The molecule has 1 fully saturated rings. The van der Waals surface area contributed by atoms with E-state index in [0.29, 0.717) is 0 Å². The van der Waals surface area contributed by atoms with Crippen LogP contribution in [-0.4, -0.2) is 14.4 Å². The lowest BCUT2D eigenvalue weighted by atomic mass is 10.2. The lowest BCUT2D eigenvalue weighted by molar-refractivity contribution is 0.714. The molecular formula is C11H14N4. The molecule has 4 nitrogen and oxygen atoms in total. The van der Waals surface area contributed by atoms with E-state index >= 15 is 0 Å². The summed E-state index contributed by atoms with van der Waals surface area (Å²) in [6.07, 6.45) is 4.09. The van der Waals surface area contributed by atoms with Crippen LogP contribution in [0.15, 0.2) is 12.3 Å². The fourth-order valence-electron chi connectivity index (χ4n) is 1.90. The quantitative estimate of drug-likeness (QED) is 0.758. The van der Waals surface area contributed by atoms with E-state index in [1.807, 2.05) is 17.5 Å². The Bertz CT molecular complexity index is 537. The lowest BCUT2D eigenvalue weighted by Crippen LogP contribution is -2.18. The van der Waals surface area contributed by atoms with E-state index in [0.717, 1.165) is 35.7 Å². The first-order valence-electron chi connectivity index (χ1n) is 5.21. The van der Waals surface area contributed by atoms with Gasteiger partial charge in [-0.15, -0.1) is 0 Å². The predicted octanol–water partition coefficient (Wildman–Crippen LogP) is 1.29. The highest BCUT2D eigenvalue weighted by Gasteiger charge is 2.42. The molecule has 4 heteroatoms. The van der Waals surface area contributed by atoms with Gasteiger partial charge < -0.3 is 5.73 Å². The van der Waals surface area contributed by atoms with Crippen LogP contribution in [-0.2, 0) is 5.54 Å². The SMILES string of the molecule is Cc1cc(C)n2cc(C3(N)CC3)nc2n1. The van der Waals surface area contributed by atoms with Crippen LogP contribution in [0.4, 0.5) is 0 Å². The van der Waals surface area contributed by atoms with E-state index in [9.17, 15) is 0 Å². The molecule has 1 aliphatic rings. The maximum Gasteiger partial charge on any atom is 0.234 e. The highest BCUT2D eigenvalue weighted by atomic mass is 15.1. The van der Waals surface area contributed by atoms with Crippen molar-refractivity contribution < 1.29 is 0 Å². The summed E-state index contributed by atoms with van der Waals surface area (Å²) in [5.41, 5.74) is 9.07. The van der Waals surface area contributed by atoms with Crippen molar-refractivity contribution in [1.82, 2.24) is 14.4 Å². The van der Waals surface area contributed by atoms with Crippen LogP contribution >= 0.6 is 0 Å². The summed E-state index contributed by atoms with van der Waals surface area (Å²) in [4.78, 5) is 8.89. The minimum absolute atomic E-state index is 0.173. The van der Waals surface area contributed by atoms with E-state index in [4.69, 9.17) is 5.73 Å². The standard InChI is InChI=1S/C11H14N4/c1-7-5-8(2)15-6-9(11(12)3-4-11)14-10(15)13-7/h5-6H,3-4,12H2,1-2H3. The molecule has 2 aromatic heterocycles. The number of rotatable bonds is 1. The second-order valence-electron chi connectivity index (χ2n) is 4.49. The first kappa shape index (κ1) is 8.85. The maximum atomic E-state index is 6.12. The topological polar surface area (TPSA) is 56.2 Å². The molecule has 15 heavy (non-hydrogen) atoms. The summed E-state index contributed by atoms with van der Waals surface area (Å²) < 4.78 is 2.01. The average Bonchev–Trinajstić information content (AvgIpc) is 2.77. The van der Waals surface area contributed by atoms with Crippen molar-refractivity contribution in [2.75, 3.05) is 0 Å². The summed E-state index contributed by atoms with van der Waals surface area (Å²) in [5.74, 6) is 0.763. The van der Waals surface area contributed by atoms with Crippen LogP contribution in [0.1, 0.15) is 29.9 Å². The summed E-state index contributed by atoms with van der Waals surface area (Å²) in [7, 11) is 0. The Morgan fingerprint density at radius 2 is 2.07 bits per heavy atom. The largest absolute Gasteiger partial charge is 0.320 e. The molecule has 0 atom stereocenters. The Hall–Kier alpha value is -1.42. The zero-order valence-corrected chi connectivity index (χ0v) is 8.99. The van der Waals surface area contributed by atoms with Crippen LogP contribution < -0.4 is 5.73 Å². The molecule has 2 aromatic rings. The minimum Gasteiger partial charge on any atom is -0.320 e. The van der Waals surface area contributed by atoms with E-state index in [1.165, 1.54) is 0 Å². The first-order valence-corrected chi connectivity index (χ1v) is 5.21. The molecule has 0 aliphatic heterocycles. The molecule has 1 aliphatic carbocycles. The number of hydrogen-bond acceptors (Lipinski definition) is 3. The third kappa shape index (κ3) is 1.25. The number of hydrogen-bond donors (Lipinski definition) is 1. The van der Waals surface area contributed by atoms with Gasteiger partial charge in [-0.2, -0.15) is 0 Å². The number of aromatic nitrogens is 3.